The van der Waals surface area contributed by atoms with Crippen molar-refractivity contribution in [3.05, 3.63) is 34.9 Å². The van der Waals surface area contributed by atoms with E-state index in [0.717, 1.165) is 11.8 Å². The van der Waals surface area contributed by atoms with Crippen LogP contribution in [0.3, 0.4) is 0 Å². The molecule has 14 heavy (non-hydrogen) atoms. The number of benzene rings is 1. The quantitative estimate of drug-likeness (QED) is 0.663. The van der Waals surface area contributed by atoms with Crippen LogP contribution >= 0.6 is 0 Å². The summed E-state index contributed by atoms with van der Waals surface area (Å²) in [5.74, 6) is 0.890. The van der Waals surface area contributed by atoms with Gasteiger partial charge in [-0.25, -0.2) is 0 Å². The second-order valence-electron chi connectivity index (χ2n) is 4.28. The molecule has 1 nitrogen and oxygen atoms in total. The van der Waals surface area contributed by atoms with E-state index in [1.807, 2.05) is 12.1 Å². The molecule has 1 rings (SSSR count). The van der Waals surface area contributed by atoms with Crippen molar-refractivity contribution in [2.45, 2.75) is 39.5 Å². The predicted molar refractivity (Wildman–Crippen MR) is 60.0 cm³/mol. The minimum Gasteiger partial charge on any atom is -0.298 e. The molecule has 0 saturated carbocycles. The van der Waals surface area contributed by atoms with E-state index in [1.54, 1.807) is 0 Å². The summed E-state index contributed by atoms with van der Waals surface area (Å²) >= 11 is 0. The first kappa shape index (κ1) is 11.0. The standard InChI is InChI=1S/C13H18O/c1-9(2)12-7-5-6-11(8-14)13(12)10(3)4/h5-10H,1-4H3. The van der Waals surface area contributed by atoms with E-state index in [1.165, 1.54) is 11.1 Å². The summed E-state index contributed by atoms with van der Waals surface area (Å²) in [6, 6.07) is 5.98. The Morgan fingerprint density at radius 3 is 2.14 bits per heavy atom. The van der Waals surface area contributed by atoms with Gasteiger partial charge in [0, 0.05) is 5.56 Å². The Bertz CT molecular complexity index is 324. The van der Waals surface area contributed by atoms with Crippen molar-refractivity contribution in [2.24, 2.45) is 0 Å². The van der Waals surface area contributed by atoms with E-state index in [0.29, 0.717) is 11.8 Å². The highest BCUT2D eigenvalue weighted by Crippen LogP contribution is 2.28. The average molecular weight is 190 g/mol. The van der Waals surface area contributed by atoms with Crippen molar-refractivity contribution >= 4 is 6.29 Å². The van der Waals surface area contributed by atoms with Crippen LogP contribution in [-0.2, 0) is 0 Å². The Kier molecular flexibility index (Phi) is 3.45. The first-order chi connectivity index (χ1) is 6.57. The number of carbonyl (C=O) groups excluding carboxylic acids is 1. The lowest BCUT2D eigenvalue weighted by Gasteiger charge is -2.17. The number of carbonyl (C=O) groups is 1. The molecule has 0 N–H and O–H groups in total. The molecule has 76 valence electrons. The van der Waals surface area contributed by atoms with Gasteiger partial charge in [0.2, 0.25) is 0 Å². The van der Waals surface area contributed by atoms with Crippen molar-refractivity contribution in [1.29, 1.82) is 0 Å². The molecule has 0 bridgehead atoms. The molecule has 0 heterocycles. The van der Waals surface area contributed by atoms with Gasteiger partial charge in [-0.15, -0.1) is 0 Å². The first-order valence-corrected chi connectivity index (χ1v) is 5.16. The zero-order valence-corrected chi connectivity index (χ0v) is 9.37. The van der Waals surface area contributed by atoms with Gasteiger partial charge in [0.25, 0.3) is 0 Å². The third kappa shape index (κ3) is 2.03. The van der Waals surface area contributed by atoms with Crippen molar-refractivity contribution in [3.8, 4) is 0 Å². The van der Waals surface area contributed by atoms with Gasteiger partial charge in [-0.05, 0) is 23.0 Å². The molecule has 1 aromatic carbocycles. The summed E-state index contributed by atoms with van der Waals surface area (Å²) in [4.78, 5) is 10.9. The van der Waals surface area contributed by atoms with Gasteiger partial charge in [-0.2, -0.15) is 0 Å². The van der Waals surface area contributed by atoms with Gasteiger partial charge in [-0.1, -0.05) is 45.9 Å². The van der Waals surface area contributed by atoms with E-state index in [9.17, 15) is 4.79 Å². The minimum absolute atomic E-state index is 0.411. The topological polar surface area (TPSA) is 17.1 Å². The number of rotatable bonds is 3. The maximum absolute atomic E-state index is 10.9. The number of aldehydes is 1. The van der Waals surface area contributed by atoms with Gasteiger partial charge in [0.05, 0.1) is 0 Å². The molecule has 0 fully saturated rings. The summed E-state index contributed by atoms with van der Waals surface area (Å²) in [7, 11) is 0. The molecule has 0 unspecified atom stereocenters. The predicted octanol–water partition coefficient (Wildman–Crippen LogP) is 3.75. The monoisotopic (exact) mass is 190 g/mol. The summed E-state index contributed by atoms with van der Waals surface area (Å²) in [6.45, 7) is 8.59. The summed E-state index contributed by atoms with van der Waals surface area (Å²) in [5, 5.41) is 0. The van der Waals surface area contributed by atoms with Crippen LogP contribution in [0.15, 0.2) is 18.2 Å². The lowest BCUT2D eigenvalue weighted by atomic mass is 9.87. The third-order valence-electron chi connectivity index (χ3n) is 2.50. The van der Waals surface area contributed by atoms with Crippen LogP contribution in [0.1, 0.15) is 61.0 Å². The molecule has 0 saturated heterocycles. The molecule has 0 radical (unpaired) electrons. The van der Waals surface area contributed by atoms with Crippen LogP contribution in [0.4, 0.5) is 0 Å². The third-order valence-corrected chi connectivity index (χ3v) is 2.50. The Morgan fingerprint density at radius 2 is 1.71 bits per heavy atom. The Labute approximate surface area is 86.1 Å². The highest BCUT2D eigenvalue weighted by molar-refractivity contribution is 5.78. The zero-order chi connectivity index (χ0) is 10.7. The molecule has 0 aliphatic heterocycles. The van der Waals surface area contributed by atoms with Crippen LogP contribution < -0.4 is 0 Å². The van der Waals surface area contributed by atoms with E-state index in [4.69, 9.17) is 0 Å². The van der Waals surface area contributed by atoms with Crippen LogP contribution in [0.5, 0.6) is 0 Å². The minimum atomic E-state index is 0.411. The molecule has 0 aliphatic carbocycles. The fraction of sp³-hybridized carbons (Fsp3) is 0.462. The Morgan fingerprint density at radius 1 is 1.07 bits per heavy atom. The molecular formula is C13H18O. The average Bonchev–Trinajstić information content (AvgIpc) is 2.16. The van der Waals surface area contributed by atoms with Crippen LogP contribution in [0.25, 0.3) is 0 Å². The number of hydrogen-bond acceptors (Lipinski definition) is 1. The lowest BCUT2D eigenvalue weighted by molar-refractivity contribution is 0.112. The first-order valence-electron chi connectivity index (χ1n) is 5.16. The molecule has 0 atom stereocenters. The van der Waals surface area contributed by atoms with Gasteiger partial charge in [-0.3, -0.25) is 4.79 Å². The van der Waals surface area contributed by atoms with Crippen LogP contribution in [0.2, 0.25) is 0 Å². The van der Waals surface area contributed by atoms with Gasteiger partial charge in [0.1, 0.15) is 6.29 Å². The van der Waals surface area contributed by atoms with Crippen LogP contribution in [0, 0.1) is 0 Å². The molecule has 0 aromatic heterocycles. The normalized spacial score (nSPS) is 11.0. The number of hydrogen-bond donors (Lipinski definition) is 0. The van der Waals surface area contributed by atoms with E-state index in [-0.39, 0.29) is 0 Å². The maximum Gasteiger partial charge on any atom is 0.150 e. The van der Waals surface area contributed by atoms with Crippen molar-refractivity contribution in [3.63, 3.8) is 0 Å². The second kappa shape index (κ2) is 4.41. The van der Waals surface area contributed by atoms with Gasteiger partial charge in [0.15, 0.2) is 0 Å². The summed E-state index contributed by atoms with van der Waals surface area (Å²) < 4.78 is 0. The largest absolute Gasteiger partial charge is 0.298 e. The molecule has 0 amide bonds. The Hall–Kier alpha value is -1.11. The SMILES string of the molecule is CC(C)c1cccc(C=O)c1C(C)C. The second-order valence-corrected chi connectivity index (χ2v) is 4.28. The molecule has 1 aromatic rings. The fourth-order valence-corrected chi connectivity index (χ4v) is 1.87. The molecule has 1 heteroatoms. The molecule has 0 spiro atoms. The summed E-state index contributed by atoms with van der Waals surface area (Å²) in [6.07, 6.45) is 0.960. The van der Waals surface area contributed by atoms with Crippen molar-refractivity contribution in [2.75, 3.05) is 0 Å². The molecular weight excluding hydrogens is 172 g/mol. The smallest absolute Gasteiger partial charge is 0.150 e. The van der Waals surface area contributed by atoms with E-state index >= 15 is 0 Å². The van der Waals surface area contributed by atoms with E-state index in [2.05, 4.69) is 33.8 Å². The van der Waals surface area contributed by atoms with Gasteiger partial charge < -0.3 is 0 Å². The van der Waals surface area contributed by atoms with Crippen LogP contribution in [-0.4, -0.2) is 6.29 Å². The highest BCUT2D eigenvalue weighted by atomic mass is 16.1. The highest BCUT2D eigenvalue weighted by Gasteiger charge is 2.13. The lowest BCUT2D eigenvalue weighted by Crippen LogP contribution is -2.02. The van der Waals surface area contributed by atoms with Gasteiger partial charge >= 0.3 is 0 Å². The van der Waals surface area contributed by atoms with Crippen molar-refractivity contribution < 1.29 is 4.79 Å². The zero-order valence-electron chi connectivity index (χ0n) is 9.37. The van der Waals surface area contributed by atoms with Crippen molar-refractivity contribution in [1.82, 2.24) is 0 Å². The summed E-state index contributed by atoms with van der Waals surface area (Å²) in [5.41, 5.74) is 3.34. The van der Waals surface area contributed by atoms with E-state index < -0.39 is 0 Å². The fourth-order valence-electron chi connectivity index (χ4n) is 1.87. The maximum atomic E-state index is 10.9. The Balaban J connectivity index is 3.35. The molecule has 0 aliphatic rings.